The van der Waals surface area contributed by atoms with Gasteiger partial charge in [0.1, 0.15) is 17.1 Å². The summed E-state index contributed by atoms with van der Waals surface area (Å²) in [7, 11) is -2.44. The van der Waals surface area contributed by atoms with Crippen LogP contribution in [0, 0.1) is 0 Å². The van der Waals surface area contributed by atoms with Crippen molar-refractivity contribution < 1.29 is 34.8 Å². The van der Waals surface area contributed by atoms with E-state index in [4.69, 9.17) is 0 Å². The Labute approximate surface area is 195 Å². The van der Waals surface area contributed by atoms with Gasteiger partial charge >= 0.3 is 12.4 Å². The summed E-state index contributed by atoms with van der Waals surface area (Å²) in [5.74, 6) is -0.342. The highest BCUT2D eigenvalue weighted by Crippen LogP contribution is 2.36. The summed E-state index contributed by atoms with van der Waals surface area (Å²) >= 11 is 0. The number of sulfone groups is 1. The molecular weight excluding hydrogens is 498 g/mol. The van der Waals surface area contributed by atoms with Crippen molar-refractivity contribution in [2.24, 2.45) is 7.05 Å². The van der Waals surface area contributed by atoms with E-state index in [1.807, 2.05) is 0 Å². The second kappa shape index (κ2) is 8.33. The lowest BCUT2D eigenvalue weighted by molar-refractivity contribution is -0.141. The number of pyridine rings is 3. The highest BCUT2D eigenvalue weighted by molar-refractivity contribution is 7.91. The van der Waals surface area contributed by atoms with Gasteiger partial charge in [-0.05, 0) is 30.3 Å². The van der Waals surface area contributed by atoms with Crippen LogP contribution in [0.25, 0.3) is 33.5 Å². The number of hydrogen-bond acceptors (Lipinski definition) is 5. The number of nitrogens with zero attached hydrogens (tertiary/aromatic N) is 4. The Morgan fingerprint density at radius 2 is 1.60 bits per heavy atom. The lowest BCUT2D eigenvalue weighted by atomic mass is 10.1. The van der Waals surface area contributed by atoms with Crippen LogP contribution in [0.1, 0.15) is 18.3 Å². The molecule has 0 radical (unpaired) electrons. The zero-order valence-corrected chi connectivity index (χ0v) is 18.9. The molecule has 184 valence electrons. The molecule has 0 saturated heterocycles. The molecule has 35 heavy (non-hydrogen) atoms. The van der Waals surface area contributed by atoms with E-state index in [1.54, 1.807) is 0 Å². The molecule has 4 rings (SSSR count). The third-order valence-electron chi connectivity index (χ3n) is 5.37. The van der Waals surface area contributed by atoms with Gasteiger partial charge in [0.2, 0.25) is 0 Å². The Morgan fingerprint density at radius 3 is 2.23 bits per heavy atom. The Balaban J connectivity index is 1.92. The molecule has 0 N–H and O–H groups in total. The van der Waals surface area contributed by atoms with Crippen molar-refractivity contribution in [2.75, 3.05) is 5.75 Å². The van der Waals surface area contributed by atoms with Crippen molar-refractivity contribution in [1.82, 2.24) is 19.5 Å². The monoisotopic (exact) mass is 514 g/mol. The van der Waals surface area contributed by atoms with Gasteiger partial charge in [0.05, 0.1) is 33.7 Å². The molecular formula is C22H16F6N4O2S. The van der Waals surface area contributed by atoms with Gasteiger partial charge in [-0.25, -0.2) is 18.4 Å². The zero-order chi connectivity index (χ0) is 25.8. The van der Waals surface area contributed by atoms with Gasteiger partial charge in [0.15, 0.2) is 9.84 Å². The highest BCUT2D eigenvalue weighted by atomic mass is 32.2. The molecule has 4 aromatic heterocycles. The average molecular weight is 514 g/mol. The maximum Gasteiger partial charge on any atom is 0.433 e. The van der Waals surface area contributed by atoms with E-state index < -0.39 is 33.6 Å². The Morgan fingerprint density at radius 1 is 0.914 bits per heavy atom. The van der Waals surface area contributed by atoms with Crippen molar-refractivity contribution in [3.8, 4) is 22.6 Å². The van der Waals surface area contributed by atoms with Gasteiger partial charge in [-0.2, -0.15) is 26.3 Å². The summed E-state index contributed by atoms with van der Waals surface area (Å²) in [6, 6.07) is 6.57. The van der Waals surface area contributed by atoms with Gasteiger partial charge in [0, 0.05) is 24.2 Å². The summed E-state index contributed by atoms with van der Waals surface area (Å²) in [4.78, 5) is 10.9. The third kappa shape index (κ3) is 4.59. The lowest BCUT2D eigenvalue weighted by Crippen LogP contribution is -2.10. The summed E-state index contributed by atoms with van der Waals surface area (Å²) in [5.41, 5.74) is -1.93. The molecule has 0 aliphatic rings. The number of aromatic nitrogens is 4. The van der Waals surface area contributed by atoms with Crippen molar-refractivity contribution in [3.63, 3.8) is 0 Å². The van der Waals surface area contributed by atoms with Crippen LogP contribution in [0.15, 0.2) is 53.7 Å². The van der Waals surface area contributed by atoms with Crippen LogP contribution in [0.2, 0.25) is 0 Å². The van der Waals surface area contributed by atoms with E-state index in [2.05, 4.69) is 15.0 Å². The Bertz CT molecular complexity index is 1540. The van der Waals surface area contributed by atoms with Crippen molar-refractivity contribution in [1.29, 1.82) is 0 Å². The third-order valence-corrected chi connectivity index (χ3v) is 7.11. The summed E-state index contributed by atoms with van der Waals surface area (Å²) < 4.78 is 106. The number of aryl methyl sites for hydroxylation is 1. The summed E-state index contributed by atoms with van der Waals surface area (Å²) in [6.07, 6.45) is -7.17. The smallest absolute Gasteiger partial charge is 0.341 e. The van der Waals surface area contributed by atoms with Crippen LogP contribution >= 0.6 is 0 Å². The molecule has 4 heterocycles. The Hall–Kier alpha value is -3.48. The second-order valence-corrected chi connectivity index (χ2v) is 9.84. The minimum atomic E-state index is -4.70. The van der Waals surface area contributed by atoms with Crippen LogP contribution in [0.4, 0.5) is 26.3 Å². The summed E-state index contributed by atoms with van der Waals surface area (Å²) in [5, 5.41) is 0.162. The van der Waals surface area contributed by atoms with Crippen molar-refractivity contribution in [2.45, 2.75) is 24.2 Å². The number of rotatable bonds is 4. The van der Waals surface area contributed by atoms with Crippen LogP contribution in [-0.2, 0) is 29.2 Å². The van der Waals surface area contributed by atoms with Crippen LogP contribution < -0.4 is 0 Å². The topological polar surface area (TPSA) is 77.7 Å². The number of halogens is 6. The first-order chi connectivity index (χ1) is 16.2. The van der Waals surface area contributed by atoms with Gasteiger partial charge in [-0.1, -0.05) is 13.0 Å². The Kier molecular flexibility index (Phi) is 5.86. The molecule has 0 unspecified atom stereocenters. The molecule has 0 bridgehead atoms. The quantitative estimate of drug-likeness (QED) is 0.335. The van der Waals surface area contributed by atoms with E-state index in [0.29, 0.717) is 5.52 Å². The molecule has 0 aromatic carbocycles. The van der Waals surface area contributed by atoms with Crippen LogP contribution in [0.3, 0.4) is 0 Å². The number of alkyl halides is 6. The molecule has 6 nitrogen and oxygen atoms in total. The average Bonchev–Trinajstić information content (AvgIpc) is 3.13. The fourth-order valence-electron chi connectivity index (χ4n) is 3.54. The largest absolute Gasteiger partial charge is 0.433 e. The molecule has 13 heteroatoms. The SMILES string of the molecule is CCS(=O)(=O)c1cc(-c2cccc(C(F)(F)F)n2)cnc1-c1cc2cc(C(F)(F)F)ncc2n1C. The van der Waals surface area contributed by atoms with E-state index in [1.165, 1.54) is 42.9 Å². The molecule has 4 aromatic rings. The van der Waals surface area contributed by atoms with Crippen molar-refractivity contribution in [3.05, 3.63) is 60.2 Å². The molecule has 0 saturated carbocycles. The molecule has 0 amide bonds. The number of hydrogen-bond donors (Lipinski definition) is 0. The van der Waals surface area contributed by atoms with E-state index >= 15 is 0 Å². The van der Waals surface area contributed by atoms with Gasteiger partial charge in [0.25, 0.3) is 0 Å². The first kappa shape index (κ1) is 24.6. The lowest BCUT2D eigenvalue weighted by Gasteiger charge is -2.13. The highest BCUT2D eigenvalue weighted by Gasteiger charge is 2.34. The van der Waals surface area contributed by atoms with Gasteiger partial charge in [-0.3, -0.25) is 4.98 Å². The minimum Gasteiger partial charge on any atom is -0.341 e. The first-order valence-electron chi connectivity index (χ1n) is 10.0. The fourth-order valence-corrected chi connectivity index (χ4v) is 4.61. The predicted molar refractivity (Wildman–Crippen MR) is 115 cm³/mol. The zero-order valence-electron chi connectivity index (χ0n) is 18.1. The first-order valence-corrected chi connectivity index (χ1v) is 11.7. The fraction of sp³-hybridized carbons (Fsp3) is 0.227. The standard InChI is InChI=1S/C22H16F6N4O2S/c1-3-35(33,34)17-8-13(14-5-4-6-18(31-14)21(23,24)25)10-30-20(17)15-7-12-9-19(22(26,27)28)29-11-16(12)32(15)2/h4-11H,3H2,1-2H3. The minimum absolute atomic E-state index is 0.0339. The summed E-state index contributed by atoms with van der Waals surface area (Å²) in [6.45, 7) is 1.38. The van der Waals surface area contributed by atoms with E-state index in [0.717, 1.165) is 24.4 Å². The molecule has 0 spiro atoms. The molecule has 0 fully saturated rings. The van der Waals surface area contributed by atoms with E-state index in [9.17, 15) is 34.8 Å². The normalized spacial score (nSPS) is 12.9. The van der Waals surface area contributed by atoms with Crippen LogP contribution in [-0.4, -0.2) is 33.7 Å². The van der Waals surface area contributed by atoms with Crippen molar-refractivity contribution >= 4 is 20.7 Å². The number of fused-ring (bicyclic) bond motifs is 1. The predicted octanol–water partition coefficient (Wildman–Crippen LogP) is 5.53. The van der Waals surface area contributed by atoms with E-state index in [-0.39, 0.29) is 38.7 Å². The van der Waals surface area contributed by atoms with Gasteiger partial charge in [-0.15, -0.1) is 0 Å². The molecule has 0 aliphatic heterocycles. The van der Waals surface area contributed by atoms with Gasteiger partial charge < -0.3 is 4.57 Å². The van der Waals surface area contributed by atoms with Crippen LogP contribution in [0.5, 0.6) is 0 Å². The molecule has 0 atom stereocenters. The maximum absolute atomic E-state index is 13.1. The maximum atomic E-state index is 13.1. The second-order valence-electron chi connectivity index (χ2n) is 7.59. The molecule has 0 aliphatic carbocycles.